The van der Waals surface area contributed by atoms with Gasteiger partial charge in [-0.15, -0.1) is 11.3 Å². The van der Waals surface area contributed by atoms with Crippen molar-refractivity contribution < 1.29 is 5.11 Å². The second-order valence-electron chi connectivity index (χ2n) is 3.52. The van der Waals surface area contributed by atoms with E-state index in [9.17, 15) is 5.11 Å². The molecule has 0 atom stereocenters. The van der Waals surface area contributed by atoms with Crippen LogP contribution in [0.4, 0.5) is 0 Å². The van der Waals surface area contributed by atoms with Gasteiger partial charge >= 0.3 is 0 Å². The Hall–Kier alpha value is -0.340. The van der Waals surface area contributed by atoms with Crippen molar-refractivity contribution in [3.05, 3.63) is 21.9 Å². The van der Waals surface area contributed by atoms with E-state index in [1.165, 1.54) is 10.4 Å². The summed E-state index contributed by atoms with van der Waals surface area (Å²) in [6.07, 6.45) is 0.760. The Morgan fingerprint density at radius 1 is 1.55 bits per heavy atom. The molecular formula is C9H14OS. The molecule has 0 aliphatic rings. The zero-order valence-corrected chi connectivity index (χ0v) is 8.03. The van der Waals surface area contributed by atoms with Crippen LogP contribution < -0.4 is 0 Å². The molecule has 1 aromatic heterocycles. The first-order chi connectivity index (χ1) is 4.99. The van der Waals surface area contributed by atoms with E-state index in [1.54, 1.807) is 11.3 Å². The van der Waals surface area contributed by atoms with Crippen LogP contribution in [0.1, 0.15) is 24.3 Å². The summed E-state index contributed by atoms with van der Waals surface area (Å²) in [5.74, 6) is 0. The first kappa shape index (κ1) is 8.75. The topological polar surface area (TPSA) is 20.2 Å². The maximum absolute atomic E-state index is 9.52. The quantitative estimate of drug-likeness (QED) is 0.722. The van der Waals surface area contributed by atoms with E-state index < -0.39 is 5.60 Å². The lowest BCUT2D eigenvalue weighted by Gasteiger charge is -2.15. The molecule has 0 radical (unpaired) electrons. The highest BCUT2D eigenvalue weighted by atomic mass is 32.1. The fraction of sp³-hybridized carbons (Fsp3) is 0.556. The molecule has 1 rings (SSSR count). The van der Waals surface area contributed by atoms with E-state index in [1.807, 2.05) is 13.8 Å². The number of hydrogen-bond donors (Lipinski definition) is 1. The fourth-order valence-corrected chi connectivity index (χ4v) is 2.11. The molecule has 0 spiro atoms. The number of aliphatic hydroxyl groups is 1. The predicted octanol–water partition coefficient (Wildman–Crippen LogP) is 2.37. The number of rotatable bonds is 2. The average molecular weight is 170 g/mol. The number of aryl methyl sites for hydroxylation is 1. The summed E-state index contributed by atoms with van der Waals surface area (Å²) in [6.45, 7) is 5.76. The minimum absolute atomic E-state index is 0.574. The monoisotopic (exact) mass is 170 g/mol. The molecule has 0 amide bonds. The van der Waals surface area contributed by atoms with Crippen LogP contribution in [0.2, 0.25) is 0 Å². The Labute approximate surface area is 71.7 Å². The molecule has 0 saturated heterocycles. The third-order valence-corrected chi connectivity index (χ3v) is 2.58. The normalized spacial score (nSPS) is 12.0. The molecule has 1 aromatic rings. The molecule has 0 bridgehead atoms. The minimum atomic E-state index is -0.574. The molecule has 0 aliphatic carbocycles. The van der Waals surface area contributed by atoms with Gasteiger partial charge in [0.25, 0.3) is 0 Å². The van der Waals surface area contributed by atoms with Gasteiger partial charge in [0, 0.05) is 11.3 Å². The third-order valence-electron chi connectivity index (χ3n) is 1.56. The number of thiophene rings is 1. The molecular weight excluding hydrogens is 156 g/mol. The van der Waals surface area contributed by atoms with Crippen molar-refractivity contribution in [2.75, 3.05) is 0 Å². The van der Waals surface area contributed by atoms with Crippen LogP contribution in [0.15, 0.2) is 11.4 Å². The molecule has 0 fully saturated rings. The highest BCUT2D eigenvalue weighted by Gasteiger charge is 2.15. The molecule has 11 heavy (non-hydrogen) atoms. The second-order valence-corrected chi connectivity index (χ2v) is 4.52. The van der Waals surface area contributed by atoms with Gasteiger partial charge in [-0.1, -0.05) is 0 Å². The van der Waals surface area contributed by atoms with Crippen molar-refractivity contribution in [3.8, 4) is 0 Å². The van der Waals surface area contributed by atoms with Gasteiger partial charge in [0.05, 0.1) is 5.60 Å². The predicted molar refractivity (Wildman–Crippen MR) is 49.1 cm³/mol. The van der Waals surface area contributed by atoms with Crippen LogP contribution in [0.5, 0.6) is 0 Å². The van der Waals surface area contributed by atoms with Gasteiger partial charge < -0.3 is 5.11 Å². The van der Waals surface area contributed by atoms with Gasteiger partial charge in [0.15, 0.2) is 0 Å². The molecule has 1 nitrogen and oxygen atoms in total. The molecule has 1 heterocycles. The molecule has 0 unspecified atom stereocenters. The average Bonchev–Trinajstić information content (AvgIpc) is 2.12. The van der Waals surface area contributed by atoms with Gasteiger partial charge in [-0.05, 0) is 37.8 Å². The van der Waals surface area contributed by atoms with Gasteiger partial charge in [0.1, 0.15) is 0 Å². The highest BCUT2D eigenvalue weighted by molar-refractivity contribution is 7.10. The molecule has 1 N–H and O–H groups in total. The van der Waals surface area contributed by atoms with E-state index in [4.69, 9.17) is 0 Å². The van der Waals surface area contributed by atoms with E-state index in [0.717, 1.165) is 6.42 Å². The van der Waals surface area contributed by atoms with Crippen LogP contribution >= 0.6 is 11.3 Å². The Bertz CT molecular complexity index is 232. The van der Waals surface area contributed by atoms with Crippen molar-refractivity contribution in [2.24, 2.45) is 0 Å². The standard InChI is InChI=1S/C9H14OS/c1-7-4-5-11-8(7)6-9(2,3)10/h4-5,10H,6H2,1-3H3. The second kappa shape index (κ2) is 2.95. The maximum Gasteiger partial charge on any atom is 0.0639 e. The highest BCUT2D eigenvalue weighted by Crippen LogP contribution is 2.21. The lowest BCUT2D eigenvalue weighted by atomic mass is 10.0. The fourth-order valence-electron chi connectivity index (χ4n) is 0.978. The first-order valence-electron chi connectivity index (χ1n) is 3.74. The molecule has 0 aromatic carbocycles. The first-order valence-corrected chi connectivity index (χ1v) is 4.62. The van der Waals surface area contributed by atoms with Crippen molar-refractivity contribution in [1.82, 2.24) is 0 Å². The Kier molecular flexibility index (Phi) is 2.35. The molecule has 2 heteroatoms. The van der Waals surface area contributed by atoms with Crippen LogP contribution in [-0.4, -0.2) is 10.7 Å². The Morgan fingerprint density at radius 3 is 2.55 bits per heavy atom. The van der Waals surface area contributed by atoms with Crippen molar-refractivity contribution in [1.29, 1.82) is 0 Å². The smallest absolute Gasteiger partial charge is 0.0639 e. The van der Waals surface area contributed by atoms with Crippen LogP contribution in [-0.2, 0) is 6.42 Å². The summed E-state index contributed by atoms with van der Waals surface area (Å²) < 4.78 is 0. The minimum Gasteiger partial charge on any atom is -0.390 e. The summed E-state index contributed by atoms with van der Waals surface area (Å²) in [5, 5.41) is 11.6. The van der Waals surface area contributed by atoms with E-state index >= 15 is 0 Å². The molecule has 62 valence electrons. The third kappa shape index (κ3) is 2.64. The van der Waals surface area contributed by atoms with Crippen LogP contribution in [0.3, 0.4) is 0 Å². The van der Waals surface area contributed by atoms with Gasteiger partial charge in [-0.2, -0.15) is 0 Å². The SMILES string of the molecule is Cc1ccsc1CC(C)(C)O. The summed E-state index contributed by atoms with van der Waals surface area (Å²) >= 11 is 1.72. The van der Waals surface area contributed by atoms with Gasteiger partial charge in [-0.3, -0.25) is 0 Å². The van der Waals surface area contributed by atoms with E-state index in [2.05, 4.69) is 18.4 Å². The zero-order valence-electron chi connectivity index (χ0n) is 7.22. The lowest BCUT2D eigenvalue weighted by molar-refractivity contribution is 0.0817. The molecule has 0 saturated carbocycles. The summed E-state index contributed by atoms with van der Waals surface area (Å²) in [4.78, 5) is 1.29. The maximum atomic E-state index is 9.52. The van der Waals surface area contributed by atoms with Crippen molar-refractivity contribution >= 4 is 11.3 Å². The van der Waals surface area contributed by atoms with E-state index in [0.29, 0.717) is 0 Å². The van der Waals surface area contributed by atoms with E-state index in [-0.39, 0.29) is 0 Å². The van der Waals surface area contributed by atoms with Crippen LogP contribution in [0, 0.1) is 6.92 Å². The largest absolute Gasteiger partial charge is 0.390 e. The zero-order chi connectivity index (χ0) is 8.48. The molecule has 0 aliphatic heterocycles. The lowest BCUT2D eigenvalue weighted by Crippen LogP contribution is -2.21. The Morgan fingerprint density at radius 2 is 2.18 bits per heavy atom. The van der Waals surface area contributed by atoms with Crippen molar-refractivity contribution in [2.45, 2.75) is 32.8 Å². The van der Waals surface area contributed by atoms with Crippen molar-refractivity contribution in [3.63, 3.8) is 0 Å². The van der Waals surface area contributed by atoms with Gasteiger partial charge in [-0.25, -0.2) is 0 Å². The van der Waals surface area contributed by atoms with Crippen LogP contribution in [0.25, 0.3) is 0 Å². The summed E-state index contributed by atoms with van der Waals surface area (Å²) in [7, 11) is 0. The Balaban J connectivity index is 2.72. The summed E-state index contributed by atoms with van der Waals surface area (Å²) in [6, 6.07) is 2.09. The number of hydrogen-bond acceptors (Lipinski definition) is 2. The van der Waals surface area contributed by atoms with Gasteiger partial charge in [0.2, 0.25) is 0 Å². The summed E-state index contributed by atoms with van der Waals surface area (Å²) in [5.41, 5.74) is 0.715.